The van der Waals surface area contributed by atoms with Crippen LogP contribution in [-0.4, -0.2) is 60.0 Å². The zero-order chi connectivity index (χ0) is 21.8. The molecule has 5 rings (SSSR count). The van der Waals surface area contributed by atoms with E-state index in [9.17, 15) is 4.79 Å². The number of benzene rings is 2. The van der Waals surface area contributed by atoms with Gasteiger partial charge in [-0.05, 0) is 24.3 Å². The van der Waals surface area contributed by atoms with E-state index in [2.05, 4.69) is 15.4 Å². The number of ether oxygens (including phenoxy) is 5. The molecule has 10 nitrogen and oxygen atoms in total. The summed E-state index contributed by atoms with van der Waals surface area (Å²) in [6.07, 6.45) is 0.241. The number of carbonyl (C=O) groups excluding carboxylic acids is 1. The molecule has 10 heteroatoms. The fraction of sp³-hybridized carbons (Fsp3) is 0.318. The van der Waals surface area contributed by atoms with Crippen LogP contribution in [0.15, 0.2) is 48.5 Å². The highest BCUT2D eigenvalue weighted by molar-refractivity contribution is 5.97. The van der Waals surface area contributed by atoms with Crippen molar-refractivity contribution in [3.63, 3.8) is 0 Å². The van der Waals surface area contributed by atoms with Crippen molar-refractivity contribution in [2.75, 3.05) is 38.4 Å². The van der Waals surface area contributed by atoms with E-state index < -0.39 is 0 Å². The van der Waals surface area contributed by atoms with Crippen molar-refractivity contribution in [1.82, 2.24) is 14.8 Å². The van der Waals surface area contributed by atoms with E-state index >= 15 is 0 Å². The molecular weight excluding hydrogens is 416 g/mol. The Balaban J connectivity index is 1.37. The first-order chi connectivity index (χ1) is 15.8. The van der Waals surface area contributed by atoms with Crippen molar-refractivity contribution in [2.24, 2.45) is 0 Å². The summed E-state index contributed by atoms with van der Waals surface area (Å²) in [5, 5.41) is 7.40. The number of rotatable bonds is 7. The molecular formula is C22H22N4O6. The van der Waals surface area contributed by atoms with Crippen molar-refractivity contribution in [2.45, 2.75) is 12.7 Å². The molecule has 1 fully saturated rings. The highest BCUT2D eigenvalue weighted by atomic mass is 16.7. The monoisotopic (exact) mass is 438 g/mol. The minimum absolute atomic E-state index is 0.0762. The van der Waals surface area contributed by atoms with E-state index in [1.54, 1.807) is 36.4 Å². The van der Waals surface area contributed by atoms with Crippen LogP contribution in [0, 0.1) is 0 Å². The van der Waals surface area contributed by atoms with Gasteiger partial charge < -0.3 is 29.0 Å². The maximum atomic E-state index is 13.1. The number of aromatic nitrogens is 3. The molecule has 0 saturated carbocycles. The summed E-state index contributed by atoms with van der Waals surface area (Å²) >= 11 is 0. The summed E-state index contributed by atoms with van der Waals surface area (Å²) in [5.41, 5.74) is 1.14. The molecule has 0 atom stereocenters. The first-order valence-corrected chi connectivity index (χ1v) is 10.4. The molecule has 0 unspecified atom stereocenters. The van der Waals surface area contributed by atoms with Gasteiger partial charge in [-0.15, -0.1) is 5.10 Å². The van der Waals surface area contributed by atoms with Crippen molar-refractivity contribution in [1.29, 1.82) is 0 Å². The Morgan fingerprint density at radius 2 is 1.81 bits per heavy atom. The number of nitrogens with one attached hydrogen (secondary N) is 1. The van der Waals surface area contributed by atoms with E-state index in [4.69, 9.17) is 23.7 Å². The van der Waals surface area contributed by atoms with Gasteiger partial charge in [-0.3, -0.25) is 4.79 Å². The van der Waals surface area contributed by atoms with Crippen LogP contribution in [0.25, 0.3) is 0 Å². The maximum Gasteiger partial charge on any atom is 0.337 e. The lowest BCUT2D eigenvalue weighted by atomic mass is 10.2. The number of carbonyl (C=O) groups is 1. The summed E-state index contributed by atoms with van der Waals surface area (Å²) in [7, 11) is 0. The van der Waals surface area contributed by atoms with Crippen LogP contribution in [0.5, 0.6) is 17.5 Å². The van der Waals surface area contributed by atoms with Gasteiger partial charge >= 0.3 is 6.01 Å². The molecule has 0 aliphatic carbocycles. The van der Waals surface area contributed by atoms with Gasteiger partial charge in [0.1, 0.15) is 13.2 Å². The second kappa shape index (κ2) is 9.25. The van der Waals surface area contributed by atoms with E-state index in [0.29, 0.717) is 55.6 Å². The number of anilines is 2. The molecule has 3 heterocycles. The summed E-state index contributed by atoms with van der Waals surface area (Å²) < 4.78 is 28.8. The van der Waals surface area contributed by atoms with Crippen molar-refractivity contribution < 1.29 is 28.5 Å². The van der Waals surface area contributed by atoms with Gasteiger partial charge in [-0.25, -0.2) is 0 Å². The van der Waals surface area contributed by atoms with Crippen LogP contribution >= 0.6 is 0 Å². The van der Waals surface area contributed by atoms with Crippen LogP contribution in [0.1, 0.15) is 16.8 Å². The first kappa shape index (κ1) is 20.3. The average Bonchev–Trinajstić information content (AvgIpc) is 3.49. The minimum Gasteiger partial charge on any atom is -0.486 e. The average molecular weight is 438 g/mol. The van der Waals surface area contributed by atoms with Gasteiger partial charge in [-0.2, -0.15) is 9.67 Å². The summed E-state index contributed by atoms with van der Waals surface area (Å²) in [6, 6.07) is 14.3. The van der Waals surface area contributed by atoms with E-state index in [0.717, 1.165) is 0 Å². The van der Waals surface area contributed by atoms with E-state index in [-0.39, 0.29) is 30.8 Å². The van der Waals surface area contributed by atoms with Gasteiger partial charge in [0.2, 0.25) is 5.95 Å². The molecule has 2 aromatic carbocycles. The third-order valence-corrected chi connectivity index (χ3v) is 4.87. The summed E-state index contributed by atoms with van der Waals surface area (Å²) in [6.45, 7) is 2.43. The lowest BCUT2D eigenvalue weighted by Crippen LogP contribution is -2.17. The molecule has 166 valence electrons. The van der Waals surface area contributed by atoms with Gasteiger partial charge in [0.15, 0.2) is 17.8 Å². The molecule has 0 amide bonds. The predicted molar refractivity (Wildman–Crippen MR) is 113 cm³/mol. The highest BCUT2D eigenvalue weighted by Crippen LogP contribution is 2.33. The summed E-state index contributed by atoms with van der Waals surface area (Å²) in [4.78, 5) is 17.4. The zero-order valence-corrected chi connectivity index (χ0v) is 17.2. The number of hydrogen-bond acceptors (Lipinski definition) is 9. The quantitative estimate of drug-likeness (QED) is 0.596. The Morgan fingerprint density at radius 3 is 2.62 bits per heavy atom. The number of nitrogens with zero attached hydrogens (tertiary/aromatic N) is 3. The Kier molecular flexibility index (Phi) is 5.86. The van der Waals surface area contributed by atoms with Crippen molar-refractivity contribution in [3.05, 3.63) is 54.1 Å². The zero-order valence-electron chi connectivity index (χ0n) is 17.2. The fourth-order valence-electron chi connectivity index (χ4n) is 3.35. The molecule has 0 spiro atoms. The van der Waals surface area contributed by atoms with Crippen LogP contribution in [-0.2, 0) is 9.47 Å². The Bertz CT molecular complexity index is 1080. The molecule has 1 N–H and O–H groups in total. The van der Waals surface area contributed by atoms with E-state index in [1.807, 2.05) is 12.1 Å². The smallest absolute Gasteiger partial charge is 0.337 e. The van der Waals surface area contributed by atoms with Crippen molar-refractivity contribution >= 4 is 17.5 Å². The molecule has 2 aliphatic heterocycles. The number of fused-ring (bicyclic) bond motifs is 1. The molecule has 0 radical (unpaired) electrons. The predicted octanol–water partition coefficient (Wildman–Crippen LogP) is 2.62. The van der Waals surface area contributed by atoms with Gasteiger partial charge in [-0.1, -0.05) is 18.2 Å². The molecule has 1 saturated heterocycles. The largest absolute Gasteiger partial charge is 0.486 e. The Labute approximate surface area is 184 Å². The first-order valence-electron chi connectivity index (χ1n) is 10.4. The Hall–Kier alpha value is -3.63. The molecule has 2 aliphatic rings. The highest BCUT2D eigenvalue weighted by Gasteiger charge is 2.21. The summed E-state index contributed by atoms with van der Waals surface area (Å²) in [5.74, 6) is 1.17. The van der Waals surface area contributed by atoms with Crippen molar-refractivity contribution in [3.8, 4) is 17.5 Å². The standard InChI is InChI=1S/C22H22N4O6/c27-20(15-4-2-1-3-5-15)26-21(23-16-6-7-17-18(14-16)29-11-10-28-17)24-22(25-26)32-9-8-19-30-12-13-31-19/h1-7,14,19H,8-13H2,(H,23,24,25). The number of hydrogen-bond donors (Lipinski definition) is 1. The molecule has 1 aromatic heterocycles. The topological polar surface area (TPSA) is 106 Å². The molecule has 3 aromatic rings. The Morgan fingerprint density at radius 1 is 1.03 bits per heavy atom. The van der Waals surface area contributed by atoms with Crippen LogP contribution < -0.4 is 19.5 Å². The van der Waals surface area contributed by atoms with Gasteiger partial charge in [0.25, 0.3) is 5.91 Å². The normalized spacial score (nSPS) is 15.5. The fourth-order valence-corrected chi connectivity index (χ4v) is 3.35. The minimum atomic E-state index is -0.338. The lowest BCUT2D eigenvalue weighted by molar-refractivity contribution is -0.0536. The van der Waals surface area contributed by atoms with Gasteiger partial charge in [0.05, 0.1) is 19.8 Å². The lowest BCUT2D eigenvalue weighted by Gasteiger charge is -2.19. The maximum absolute atomic E-state index is 13.1. The third-order valence-electron chi connectivity index (χ3n) is 4.87. The second-order valence-electron chi connectivity index (χ2n) is 7.09. The van der Waals surface area contributed by atoms with E-state index in [1.165, 1.54) is 4.68 Å². The van der Waals surface area contributed by atoms with Crippen LogP contribution in [0.3, 0.4) is 0 Å². The van der Waals surface area contributed by atoms with Crippen LogP contribution in [0.4, 0.5) is 11.6 Å². The molecule has 0 bridgehead atoms. The second-order valence-corrected chi connectivity index (χ2v) is 7.09. The third kappa shape index (κ3) is 4.51. The van der Waals surface area contributed by atoms with Gasteiger partial charge in [0, 0.05) is 23.7 Å². The SMILES string of the molecule is O=C(c1ccccc1)n1nc(OCCC2OCCO2)nc1Nc1ccc2c(c1)OCCO2. The van der Waals surface area contributed by atoms with Crippen LogP contribution in [0.2, 0.25) is 0 Å². The molecule has 32 heavy (non-hydrogen) atoms.